The molecule has 0 aliphatic heterocycles. The van der Waals surface area contributed by atoms with E-state index >= 15 is 0 Å². The molecule has 0 aliphatic rings. The fraction of sp³-hybridized carbons (Fsp3) is 0.286. The Morgan fingerprint density at radius 2 is 1.59 bits per heavy atom. The molecule has 142 valence electrons. The van der Waals surface area contributed by atoms with Crippen LogP contribution in [0.5, 0.6) is 0 Å². The number of ether oxygens (including phenoxy) is 1. The second-order valence-electron chi connectivity index (χ2n) is 6.27. The summed E-state index contributed by atoms with van der Waals surface area (Å²) in [6.07, 6.45) is 0.732. The Kier molecular flexibility index (Phi) is 6.71. The zero-order chi connectivity index (χ0) is 20.0. The molecule has 0 heterocycles. The van der Waals surface area contributed by atoms with Gasteiger partial charge in [-0.1, -0.05) is 32.0 Å². The number of hydrogen-bond acceptors (Lipinski definition) is 4. The molecular weight excluding hydrogens is 344 g/mol. The molecule has 6 nitrogen and oxygen atoms in total. The number of carbonyl (C=O) groups is 3. The SMILES string of the molecule is CCC(C)C(=O)Nc1cccc(C(=O)Nc2ccccc2C(=O)OC)c1C. The average molecular weight is 368 g/mol. The lowest BCUT2D eigenvalue weighted by molar-refractivity contribution is -0.119. The number of anilines is 2. The van der Waals surface area contributed by atoms with Crippen molar-refractivity contribution in [3.8, 4) is 0 Å². The molecule has 2 aromatic carbocycles. The second-order valence-corrected chi connectivity index (χ2v) is 6.27. The summed E-state index contributed by atoms with van der Waals surface area (Å²) >= 11 is 0. The van der Waals surface area contributed by atoms with Crippen LogP contribution in [-0.2, 0) is 9.53 Å². The van der Waals surface area contributed by atoms with Crippen LogP contribution >= 0.6 is 0 Å². The maximum Gasteiger partial charge on any atom is 0.339 e. The number of nitrogens with one attached hydrogen (secondary N) is 2. The summed E-state index contributed by atoms with van der Waals surface area (Å²) in [5, 5.41) is 5.61. The van der Waals surface area contributed by atoms with E-state index in [1.807, 2.05) is 13.8 Å². The van der Waals surface area contributed by atoms with Crippen LogP contribution in [0.3, 0.4) is 0 Å². The average Bonchev–Trinajstić information content (AvgIpc) is 2.68. The normalized spacial score (nSPS) is 11.4. The first-order valence-corrected chi connectivity index (χ1v) is 8.78. The van der Waals surface area contributed by atoms with Gasteiger partial charge in [-0.2, -0.15) is 0 Å². The molecule has 0 fully saturated rings. The van der Waals surface area contributed by atoms with Gasteiger partial charge in [0.25, 0.3) is 5.91 Å². The van der Waals surface area contributed by atoms with Crippen LogP contribution in [0.1, 0.15) is 46.5 Å². The highest BCUT2D eigenvalue weighted by atomic mass is 16.5. The predicted octanol–water partition coefficient (Wildman–Crippen LogP) is 4.02. The van der Waals surface area contributed by atoms with Crippen LogP contribution in [0.2, 0.25) is 0 Å². The van der Waals surface area contributed by atoms with E-state index in [1.54, 1.807) is 49.4 Å². The Balaban J connectivity index is 2.27. The summed E-state index contributed by atoms with van der Waals surface area (Å²) in [5.41, 5.74) is 2.29. The van der Waals surface area contributed by atoms with Gasteiger partial charge in [-0.15, -0.1) is 0 Å². The van der Waals surface area contributed by atoms with Gasteiger partial charge in [0.15, 0.2) is 0 Å². The maximum absolute atomic E-state index is 12.8. The minimum Gasteiger partial charge on any atom is -0.465 e. The molecule has 1 unspecified atom stereocenters. The Labute approximate surface area is 158 Å². The quantitative estimate of drug-likeness (QED) is 0.754. The van der Waals surface area contributed by atoms with Gasteiger partial charge in [0.05, 0.1) is 18.4 Å². The first-order valence-electron chi connectivity index (χ1n) is 8.78. The minimum atomic E-state index is -0.530. The lowest BCUT2D eigenvalue weighted by atomic mass is 10.0. The molecule has 2 N–H and O–H groups in total. The molecule has 0 saturated carbocycles. The summed E-state index contributed by atoms with van der Waals surface area (Å²) in [6.45, 7) is 5.57. The van der Waals surface area contributed by atoms with Gasteiger partial charge in [0, 0.05) is 17.2 Å². The number of amides is 2. The largest absolute Gasteiger partial charge is 0.465 e. The third-order valence-electron chi connectivity index (χ3n) is 4.48. The van der Waals surface area contributed by atoms with Gasteiger partial charge in [-0.25, -0.2) is 4.79 Å². The first-order chi connectivity index (χ1) is 12.9. The summed E-state index contributed by atoms with van der Waals surface area (Å²) in [6, 6.07) is 11.8. The molecular formula is C21H24N2O4. The second kappa shape index (κ2) is 8.98. The van der Waals surface area contributed by atoms with Crippen molar-refractivity contribution < 1.29 is 19.1 Å². The van der Waals surface area contributed by atoms with Crippen molar-refractivity contribution in [2.75, 3.05) is 17.7 Å². The molecule has 0 aliphatic carbocycles. The van der Waals surface area contributed by atoms with Crippen LogP contribution in [0.25, 0.3) is 0 Å². The minimum absolute atomic E-state index is 0.0887. The van der Waals surface area contributed by atoms with Crippen LogP contribution < -0.4 is 10.6 Å². The number of carbonyl (C=O) groups excluding carboxylic acids is 3. The van der Waals surface area contributed by atoms with Gasteiger partial charge >= 0.3 is 5.97 Å². The van der Waals surface area contributed by atoms with E-state index in [2.05, 4.69) is 10.6 Å². The van der Waals surface area contributed by atoms with Crippen molar-refractivity contribution in [3.63, 3.8) is 0 Å². The van der Waals surface area contributed by atoms with Crippen molar-refractivity contribution >= 4 is 29.2 Å². The molecule has 27 heavy (non-hydrogen) atoms. The Morgan fingerprint density at radius 1 is 0.963 bits per heavy atom. The van der Waals surface area contributed by atoms with Crippen molar-refractivity contribution in [1.29, 1.82) is 0 Å². The number of benzene rings is 2. The fourth-order valence-electron chi connectivity index (χ4n) is 2.53. The highest BCUT2D eigenvalue weighted by molar-refractivity contribution is 6.09. The van der Waals surface area contributed by atoms with Crippen molar-refractivity contribution in [3.05, 3.63) is 59.2 Å². The lowest BCUT2D eigenvalue weighted by Crippen LogP contribution is -2.21. The standard InChI is InChI=1S/C21H24N2O4/c1-5-13(2)19(24)22-17-12-8-10-15(14(17)3)20(25)23-18-11-7-6-9-16(18)21(26)27-4/h6-13H,5H2,1-4H3,(H,22,24)(H,23,25). The first kappa shape index (κ1) is 20.2. The smallest absolute Gasteiger partial charge is 0.339 e. The Bertz CT molecular complexity index is 861. The number of para-hydroxylation sites is 1. The Morgan fingerprint density at radius 3 is 2.26 bits per heavy atom. The molecule has 2 rings (SSSR count). The molecule has 1 atom stereocenters. The molecule has 2 amide bonds. The van der Waals surface area contributed by atoms with E-state index in [-0.39, 0.29) is 23.3 Å². The van der Waals surface area contributed by atoms with E-state index < -0.39 is 5.97 Å². The van der Waals surface area contributed by atoms with Crippen molar-refractivity contribution in [1.82, 2.24) is 0 Å². The maximum atomic E-state index is 12.8. The van der Waals surface area contributed by atoms with Crippen LogP contribution in [-0.4, -0.2) is 24.9 Å². The van der Waals surface area contributed by atoms with Crippen LogP contribution in [0.15, 0.2) is 42.5 Å². The highest BCUT2D eigenvalue weighted by Gasteiger charge is 2.18. The topological polar surface area (TPSA) is 84.5 Å². The summed E-state index contributed by atoms with van der Waals surface area (Å²) in [7, 11) is 1.29. The monoisotopic (exact) mass is 368 g/mol. The molecule has 0 saturated heterocycles. The lowest BCUT2D eigenvalue weighted by Gasteiger charge is -2.15. The van der Waals surface area contributed by atoms with Crippen LogP contribution in [0.4, 0.5) is 11.4 Å². The highest BCUT2D eigenvalue weighted by Crippen LogP contribution is 2.23. The molecule has 6 heteroatoms. The van der Waals surface area contributed by atoms with Gasteiger partial charge < -0.3 is 15.4 Å². The van der Waals surface area contributed by atoms with Crippen molar-refractivity contribution in [2.45, 2.75) is 27.2 Å². The summed E-state index contributed by atoms with van der Waals surface area (Å²) in [4.78, 5) is 36.8. The molecule has 0 bridgehead atoms. The zero-order valence-electron chi connectivity index (χ0n) is 16.0. The number of methoxy groups -OCH3 is 1. The molecule has 0 spiro atoms. The van der Waals surface area contributed by atoms with E-state index in [1.165, 1.54) is 7.11 Å². The van der Waals surface area contributed by atoms with E-state index in [0.29, 0.717) is 22.5 Å². The molecule has 2 aromatic rings. The summed E-state index contributed by atoms with van der Waals surface area (Å²) < 4.78 is 4.75. The molecule has 0 aromatic heterocycles. The number of hydrogen-bond donors (Lipinski definition) is 2. The van der Waals surface area contributed by atoms with E-state index in [0.717, 1.165) is 6.42 Å². The molecule has 0 radical (unpaired) electrons. The zero-order valence-corrected chi connectivity index (χ0v) is 16.0. The van der Waals surface area contributed by atoms with E-state index in [9.17, 15) is 14.4 Å². The van der Waals surface area contributed by atoms with Gasteiger partial charge in [-0.05, 0) is 43.2 Å². The summed E-state index contributed by atoms with van der Waals surface area (Å²) in [5.74, 6) is -1.11. The van der Waals surface area contributed by atoms with Gasteiger partial charge in [-0.3, -0.25) is 9.59 Å². The van der Waals surface area contributed by atoms with Gasteiger partial charge in [0.1, 0.15) is 0 Å². The van der Waals surface area contributed by atoms with Gasteiger partial charge in [0.2, 0.25) is 5.91 Å². The van der Waals surface area contributed by atoms with Crippen LogP contribution in [0, 0.1) is 12.8 Å². The third kappa shape index (κ3) is 4.73. The third-order valence-corrected chi connectivity index (χ3v) is 4.48. The van der Waals surface area contributed by atoms with Crippen molar-refractivity contribution in [2.24, 2.45) is 5.92 Å². The number of rotatable bonds is 6. The van der Waals surface area contributed by atoms with E-state index in [4.69, 9.17) is 4.74 Å². The predicted molar refractivity (Wildman–Crippen MR) is 105 cm³/mol. The fourth-order valence-corrected chi connectivity index (χ4v) is 2.53. The Hall–Kier alpha value is -3.15. The number of esters is 1.